The van der Waals surface area contributed by atoms with Crippen LogP contribution in [0.1, 0.15) is 0 Å². The van der Waals surface area contributed by atoms with Crippen LogP contribution in [-0.4, -0.2) is 32.9 Å². The van der Waals surface area contributed by atoms with Crippen molar-refractivity contribution in [3.05, 3.63) is 24.0 Å². The molecule has 2 aliphatic heterocycles. The second kappa shape index (κ2) is 2.07. The van der Waals surface area contributed by atoms with Crippen LogP contribution in [0.5, 0.6) is 0 Å². The molecule has 1 unspecified atom stereocenters. The van der Waals surface area contributed by atoms with Gasteiger partial charge in [0, 0.05) is 0 Å². The quantitative estimate of drug-likeness (QED) is 0.341. The molecule has 2 rings (SSSR count). The van der Waals surface area contributed by atoms with Crippen LogP contribution in [-0.2, 0) is 0 Å². The zero-order valence-electron chi connectivity index (χ0n) is 6.25. The van der Waals surface area contributed by atoms with Crippen LogP contribution in [0.25, 0.3) is 0 Å². The second-order valence-corrected chi connectivity index (χ2v) is 2.81. The van der Waals surface area contributed by atoms with Gasteiger partial charge in [-0.3, -0.25) is 5.21 Å². The van der Waals surface area contributed by atoms with Crippen molar-refractivity contribution in [2.45, 2.75) is 0 Å². The maximum Gasteiger partial charge on any atom is 0.276 e. The molecule has 6 nitrogen and oxygen atoms in total. The first-order valence-corrected chi connectivity index (χ1v) is 3.41. The highest BCUT2D eigenvalue weighted by molar-refractivity contribution is 5.52. The number of quaternary nitrogens is 1. The van der Waals surface area contributed by atoms with Crippen molar-refractivity contribution in [3.63, 3.8) is 0 Å². The lowest BCUT2D eigenvalue weighted by Crippen LogP contribution is -2.57. The van der Waals surface area contributed by atoms with Crippen molar-refractivity contribution < 1.29 is 14.9 Å². The fourth-order valence-electron chi connectivity index (χ4n) is 1.27. The van der Waals surface area contributed by atoms with Gasteiger partial charge in [0.15, 0.2) is 12.3 Å². The number of nitrogens with two attached hydrogens (primary N) is 1. The van der Waals surface area contributed by atoms with Crippen LogP contribution in [0.4, 0.5) is 0 Å². The molecular weight excluding hydrogens is 160 g/mol. The third-order valence-electron chi connectivity index (χ3n) is 1.82. The summed E-state index contributed by atoms with van der Waals surface area (Å²) in [7, 11) is 0. The maximum absolute atomic E-state index is 9.27. The number of aliphatic hydroxyl groups excluding tert-OH is 1. The fourth-order valence-corrected chi connectivity index (χ4v) is 1.27. The van der Waals surface area contributed by atoms with Crippen molar-refractivity contribution in [1.29, 1.82) is 0 Å². The molecule has 6 heteroatoms. The van der Waals surface area contributed by atoms with Crippen LogP contribution in [0.3, 0.4) is 0 Å². The van der Waals surface area contributed by atoms with Gasteiger partial charge >= 0.3 is 0 Å². The Morgan fingerprint density at radius 1 is 1.67 bits per heavy atom. The standard InChI is InChI=1S/C6H8N4O2/c7-10-3-5(11)2-9(12)6(10)1-8-4-10/h1-2,4,12H,3,7H2/p+1. The molecule has 0 aliphatic carbocycles. The monoisotopic (exact) mass is 169 g/mol. The minimum absolute atomic E-state index is 0.0190. The Morgan fingerprint density at radius 2 is 2.42 bits per heavy atom. The predicted molar refractivity (Wildman–Crippen MR) is 40.2 cm³/mol. The van der Waals surface area contributed by atoms with Gasteiger partial charge in [-0.1, -0.05) is 0 Å². The summed E-state index contributed by atoms with van der Waals surface area (Å²) in [5.41, 5.74) is 0. The lowest BCUT2D eigenvalue weighted by atomic mass is 10.4. The average molecular weight is 169 g/mol. The van der Waals surface area contributed by atoms with E-state index in [0.29, 0.717) is 5.82 Å². The highest BCUT2D eigenvalue weighted by atomic mass is 16.5. The van der Waals surface area contributed by atoms with Gasteiger partial charge in [0.25, 0.3) is 5.82 Å². The summed E-state index contributed by atoms with van der Waals surface area (Å²) >= 11 is 0. The van der Waals surface area contributed by atoms with Crippen molar-refractivity contribution in [3.8, 4) is 0 Å². The highest BCUT2D eigenvalue weighted by Gasteiger charge is 2.40. The van der Waals surface area contributed by atoms with Gasteiger partial charge in [0.2, 0.25) is 6.34 Å². The SMILES string of the molecule is N[N+]12C=NC=C1N(O)C=C(O)C2. The Kier molecular flexibility index (Phi) is 1.26. The van der Waals surface area contributed by atoms with Gasteiger partial charge in [-0.05, 0) is 0 Å². The molecule has 0 amide bonds. The Morgan fingerprint density at radius 3 is 3.17 bits per heavy atom. The largest absolute Gasteiger partial charge is 0.505 e. The first-order valence-electron chi connectivity index (χ1n) is 3.41. The third kappa shape index (κ3) is 0.828. The maximum atomic E-state index is 9.27. The molecule has 0 aromatic carbocycles. The Hall–Kier alpha value is -1.37. The van der Waals surface area contributed by atoms with Gasteiger partial charge in [-0.15, -0.1) is 4.59 Å². The third-order valence-corrected chi connectivity index (χ3v) is 1.82. The molecule has 2 heterocycles. The molecule has 0 aromatic rings. The first-order chi connectivity index (χ1) is 5.62. The van der Waals surface area contributed by atoms with Gasteiger partial charge < -0.3 is 5.11 Å². The molecule has 0 radical (unpaired) electrons. The van der Waals surface area contributed by atoms with E-state index in [0.717, 1.165) is 5.06 Å². The van der Waals surface area contributed by atoms with Crippen LogP contribution < -0.4 is 5.84 Å². The normalized spacial score (nSPS) is 33.0. The summed E-state index contributed by atoms with van der Waals surface area (Å²) in [6, 6.07) is 0. The van der Waals surface area contributed by atoms with E-state index in [4.69, 9.17) is 10.9 Å². The Bertz CT molecular complexity index is 309. The van der Waals surface area contributed by atoms with Crippen molar-refractivity contribution in [2.24, 2.45) is 10.8 Å². The smallest absolute Gasteiger partial charge is 0.276 e. The van der Waals surface area contributed by atoms with E-state index in [1.807, 2.05) is 0 Å². The molecule has 0 aromatic heterocycles. The summed E-state index contributed by atoms with van der Waals surface area (Å²) in [5.74, 6) is 6.21. The number of hydrogen-bond donors (Lipinski definition) is 3. The van der Waals surface area contributed by atoms with Crippen LogP contribution in [0, 0.1) is 0 Å². The molecule has 0 saturated heterocycles. The predicted octanol–water partition coefficient (Wildman–Crippen LogP) is -0.378. The molecular formula is C6H9N4O2+. The molecule has 1 atom stereocenters. The summed E-state index contributed by atoms with van der Waals surface area (Å²) in [5, 5.41) is 19.2. The van der Waals surface area contributed by atoms with Gasteiger partial charge in [-0.25, -0.2) is 4.99 Å². The van der Waals surface area contributed by atoms with E-state index in [9.17, 15) is 5.21 Å². The minimum atomic E-state index is -0.182. The van der Waals surface area contributed by atoms with Crippen molar-refractivity contribution in [1.82, 2.24) is 5.06 Å². The number of fused-ring (bicyclic) bond motifs is 1. The number of rotatable bonds is 0. The average Bonchev–Trinajstić information content (AvgIpc) is 2.29. The van der Waals surface area contributed by atoms with Gasteiger partial charge in [0.1, 0.15) is 6.20 Å². The minimum Gasteiger partial charge on any atom is -0.505 e. The molecule has 0 saturated carbocycles. The van der Waals surface area contributed by atoms with Gasteiger partial charge in [-0.2, -0.15) is 10.9 Å². The fraction of sp³-hybridized carbons (Fsp3) is 0.167. The van der Waals surface area contributed by atoms with E-state index >= 15 is 0 Å². The summed E-state index contributed by atoms with van der Waals surface area (Å²) in [6.45, 7) is 0.215. The van der Waals surface area contributed by atoms with Crippen LogP contribution in [0.15, 0.2) is 29.0 Å². The number of aliphatic hydroxyl groups is 1. The Balaban J connectivity index is 2.43. The van der Waals surface area contributed by atoms with E-state index in [2.05, 4.69) is 4.99 Å². The number of aliphatic imine (C=N–C) groups is 1. The Labute approximate surface area is 68.7 Å². The van der Waals surface area contributed by atoms with Crippen molar-refractivity contribution >= 4 is 6.34 Å². The first kappa shape index (κ1) is 7.29. The lowest BCUT2D eigenvalue weighted by molar-refractivity contribution is -0.818. The lowest BCUT2D eigenvalue weighted by Gasteiger charge is -2.31. The number of hydroxylamine groups is 2. The molecule has 0 spiro atoms. The van der Waals surface area contributed by atoms with E-state index in [-0.39, 0.29) is 16.9 Å². The highest BCUT2D eigenvalue weighted by Crippen LogP contribution is 2.24. The molecule has 12 heavy (non-hydrogen) atoms. The van der Waals surface area contributed by atoms with Crippen LogP contribution >= 0.6 is 0 Å². The number of hydrogen-bond acceptors (Lipinski definition) is 5. The zero-order valence-corrected chi connectivity index (χ0v) is 6.25. The second-order valence-electron chi connectivity index (χ2n) is 2.81. The topological polar surface area (TPSA) is 82.1 Å². The molecule has 2 aliphatic rings. The molecule has 0 bridgehead atoms. The summed E-state index contributed by atoms with van der Waals surface area (Å²) in [4.78, 5) is 3.80. The zero-order chi connectivity index (χ0) is 8.77. The number of nitrogens with zero attached hydrogens (tertiary/aromatic N) is 3. The van der Waals surface area contributed by atoms with E-state index in [1.165, 1.54) is 18.7 Å². The van der Waals surface area contributed by atoms with Crippen LogP contribution in [0.2, 0.25) is 0 Å². The molecule has 64 valence electrons. The van der Waals surface area contributed by atoms with E-state index < -0.39 is 0 Å². The molecule has 4 N–H and O–H groups in total. The summed E-state index contributed by atoms with van der Waals surface area (Å²) in [6.07, 6.45) is 4.09. The van der Waals surface area contributed by atoms with E-state index in [1.54, 1.807) is 0 Å². The van der Waals surface area contributed by atoms with Gasteiger partial charge in [0.05, 0.1) is 6.20 Å². The molecule has 0 fully saturated rings. The van der Waals surface area contributed by atoms with Crippen molar-refractivity contribution in [2.75, 3.05) is 6.54 Å². The summed E-state index contributed by atoms with van der Waals surface area (Å²) < 4.78 is -0.182.